The van der Waals surface area contributed by atoms with Crippen LogP contribution in [-0.2, 0) is 12.1 Å². The Morgan fingerprint density at radius 1 is 1.00 bits per heavy atom. The summed E-state index contributed by atoms with van der Waals surface area (Å²) in [6.07, 6.45) is -9.05. The van der Waals surface area contributed by atoms with E-state index in [1.54, 1.807) is 18.2 Å². The molecule has 2 aromatic rings. The number of hydrogen-bond donors (Lipinski definition) is 4. The molecule has 0 amide bonds. The molecule has 0 saturated carbocycles. The second kappa shape index (κ2) is 9.22. The van der Waals surface area contributed by atoms with Gasteiger partial charge in [-0.25, -0.2) is 0 Å². The largest absolute Gasteiger partial charge is 0.430 e. The molecule has 0 bridgehead atoms. The number of nitrogen functional groups attached to an aromatic ring is 1. The third-order valence-corrected chi connectivity index (χ3v) is 5.78. The molecule has 0 radical (unpaired) electrons. The maximum Gasteiger partial charge on any atom is 0.430 e. The summed E-state index contributed by atoms with van der Waals surface area (Å²) < 4.78 is 78.1. The molecule has 0 aliphatic carbocycles. The first kappa shape index (κ1) is 24.8. The van der Waals surface area contributed by atoms with Crippen molar-refractivity contribution in [2.45, 2.75) is 43.4 Å². The standard InChI is InChI=1S/C22H24F6N4O/c23-21(24,25)20(33,22(26,27)28)16-4-1-14(2-5-16)13-32-9-7-18(8-10-32)31-19-11-17(30)6-3-15(19)12-29/h1-6,11-12,18,29,31,33H,7-10,13,30H2. The first-order valence-electron chi connectivity index (χ1n) is 10.2. The molecule has 1 heterocycles. The van der Waals surface area contributed by atoms with Crippen LogP contribution < -0.4 is 11.1 Å². The fourth-order valence-corrected chi connectivity index (χ4v) is 3.88. The highest BCUT2D eigenvalue weighted by molar-refractivity contribution is 5.87. The Morgan fingerprint density at radius 3 is 2.09 bits per heavy atom. The van der Waals surface area contributed by atoms with Crippen LogP contribution >= 0.6 is 0 Å². The van der Waals surface area contributed by atoms with E-state index in [0.717, 1.165) is 18.5 Å². The number of rotatable bonds is 6. The van der Waals surface area contributed by atoms with Crippen molar-refractivity contribution in [3.63, 3.8) is 0 Å². The van der Waals surface area contributed by atoms with E-state index in [1.807, 2.05) is 4.90 Å². The van der Waals surface area contributed by atoms with Crippen molar-refractivity contribution in [3.8, 4) is 0 Å². The lowest BCUT2D eigenvalue weighted by Gasteiger charge is -2.34. The molecule has 11 heteroatoms. The fourth-order valence-electron chi connectivity index (χ4n) is 3.88. The number of benzene rings is 2. The Kier molecular flexibility index (Phi) is 6.94. The van der Waals surface area contributed by atoms with E-state index in [-0.39, 0.29) is 6.04 Å². The van der Waals surface area contributed by atoms with E-state index in [4.69, 9.17) is 11.1 Å². The minimum absolute atomic E-state index is 0.137. The van der Waals surface area contributed by atoms with Gasteiger partial charge in [-0.05, 0) is 36.6 Å². The van der Waals surface area contributed by atoms with Crippen molar-refractivity contribution in [1.82, 2.24) is 4.90 Å². The zero-order chi connectivity index (χ0) is 24.4. The summed E-state index contributed by atoms with van der Waals surface area (Å²) in [4.78, 5) is 2.05. The minimum atomic E-state index is -5.90. The molecule has 0 aromatic heterocycles. The van der Waals surface area contributed by atoms with Crippen molar-refractivity contribution in [3.05, 3.63) is 59.2 Å². The monoisotopic (exact) mass is 474 g/mol. The van der Waals surface area contributed by atoms with Crippen molar-refractivity contribution >= 4 is 17.6 Å². The molecule has 3 rings (SSSR count). The maximum atomic E-state index is 13.0. The zero-order valence-electron chi connectivity index (χ0n) is 17.5. The number of hydrogen-bond acceptors (Lipinski definition) is 5. The van der Waals surface area contributed by atoms with Gasteiger partial charge in [0, 0.05) is 54.4 Å². The van der Waals surface area contributed by atoms with E-state index in [1.165, 1.54) is 18.3 Å². The lowest BCUT2D eigenvalue weighted by atomic mass is 9.91. The van der Waals surface area contributed by atoms with Gasteiger partial charge in [-0.1, -0.05) is 24.3 Å². The number of alkyl halides is 6. The summed E-state index contributed by atoms with van der Waals surface area (Å²) in [5.41, 5.74) is 2.23. The number of halogens is 6. The molecule has 1 aliphatic rings. The molecule has 1 saturated heterocycles. The number of nitrogens with zero attached hydrogens (tertiary/aromatic N) is 1. The van der Waals surface area contributed by atoms with Gasteiger partial charge in [0.25, 0.3) is 5.60 Å². The zero-order valence-corrected chi connectivity index (χ0v) is 17.5. The molecule has 1 fully saturated rings. The Labute approximate surface area is 186 Å². The van der Waals surface area contributed by atoms with Crippen molar-refractivity contribution < 1.29 is 31.4 Å². The molecular formula is C22H24F6N4O. The van der Waals surface area contributed by atoms with Gasteiger partial charge in [-0.2, -0.15) is 26.3 Å². The second-order valence-corrected chi connectivity index (χ2v) is 8.09. The summed E-state index contributed by atoms with van der Waals surface area (Å²) in [6, 6.07) is 9.05. The first-order valence-corrected chi connectivity index (χ1v) is 10.2. The molecule has 2 aromatic carbocycles. The summed E-state index contributed by atoms with van der Waals surface area (Å²) in [5.74, 6) is 0. The topological polar surface area (TPSA) is 85.4 Å². The van der Waals surface area contributed by atoms with Crippen LogP contribution in [0.5, 0.6) is 0 Å². The molecule has 1 aliphatic heterocycles. The molecule has 5 N–H and O–H groups in total. The van der Waals surface area contributed by atoms with Gasteiger partial charge in [0.15, 0.2) is 0 Å². The van der Waals surface area contributed by atoms with Crippen molar-refractivity contribution in [1.29, 1.82) is 5.41 Å². The third-order valence-electron chi connectivity index (χ3n) is 5.78. The number of piperidine rings is 1. The molecule has 33 heavy (non-hydrogen) atoms. The van der Waals surface area contributed by atoms with Gasteiger partial charge in [0.1, 0.15) is 0 Å². The van der Waals surface area contributed by atoms with Crippen LogP contribution in [0, 0.1) is 5.41 Å². The van der Waals surface area contributed by atoms with Gasteiger partial charge in [0.2, 0.25) is 0 Å². The van der Waals surface area contributed by atoms with Crippen LogP contribution in [-0.4, -0.2) is 47.7 Å². The highest BCUT2D eigenvalue weighted by Gasteiger charge is 2.71. The van der Waals surface area contributed by atoms with E-state index in [9.17, 15) is 31.4 Å². The lowest BCUT2D eigenvalue weighted by molar-refractivity contribution is -0.376. The van der Waals surface area contributed by atoms with E-state index in [2.05, 4.69) is 5.32 Å². The number of nitrogens with two attached hydrogens (primary N) is 1. The van der Waals surface area contributed by atoms with E-state index >= 15 is 0 Å². The quantitative estimate of drug-likeness (QED) is 0.279. The van der Waals surface area contributed by atoms with Gasteiger partial charge in [0.05, 0.1) is 0 Å². The summed E-state index contributed by atoms with van der Waals surface area (Å²) >= 11 is 0. The normalized spacial score (nSPS) is 16.6. The summed E-state index contributed by atoms with van der Waals surface area (Å²) in [6.45, 7) is 1.68. The number of likely N-dealkylation sites (tertiary alicyclic amines) is 1. The molecule has 180 valence electrons. The van der Waals surface area contributed by atoms with Gasteiger partial charge >= 0.3 is 12.4 Å². The van der Waals surface area contributed by atoms with Gasteiger partial charge in [-0.15, -0.1) is 0 Å². The highest BCUT2D eigenvalue weighted by atomic mass is 19.4. The van der Waals surface area contributed by atoms with Crippen LogP contribution in [0.3, 0.4) is 0 Å². The Morgan fingerprint density at radius 2 is 1.58 bits per heavy atom. The molecule has 0 unspecified atom stereocenters. The molecule has 0 atom stereocenters. The number of aliphatic hydroxyl groups is 1. The van der Waals surface area contributed by atoms with Crippen LogP contribution in [0.4, 0.5) is 37.7 Å². The Hall–Kier alpha value is -2.79. The van der Waals surface area contributed by atoms with Crippen LogP contribution in [0.25, 0.3) is 0 Å². The van der Waals surface area contributed by atoms with Crippen LogP contribution in [0.15, 0.2) is 42.5 Å². The van der Waals surface area contributed by atoms with Gasteiger partial charge < -0.3 is 21.6 Å². The molecular weight excluding hydrogens is 450 g/mol. The highest BCUT2D eigenvalue weighted by Crippen LogP contribution is 2.50. The van der Waals surface area contributed by atoms with Crippen molar-refractivity contribution in [2.24, 2.45) is 0 Å². The van der Waals surface area contributed by atoms with Gasteiger partial charge in [-0.3, -0.25) is 4.90 Å². The van der Waals surface area contributed by atoms with E-state index in [0.29, 0.717) is 48.6 Å². The average Bonchev–Trinajstić information content (AvgIpc) is 2.74. The van der Waals surface area contributed by atoms with Crippen LogP contribution in [0.1, 0.15) is 29.5 Å². The van der Waals surface area contributed by atoms with E-state index < -0.39 is 23.5 Å². The maximum absolute atomic E-state index is 13.0. The minimum Gasteiger partial charge on any atom is -0.399 e. The second-order valence-electron chi connectivity index (χ2n) is 8.09. The number of anilines is 2. The SMILES string of the molecule is N=Cc1ccc(N)cc1NC1CCN(Cc2ccc(C(O)(C(F)(F)F)C(F)(F)F)cc2)CC1. The van der Waals surface area contributed by atoms with Crippen LogP contribution in [0.2, 0.25) is 0 Å². The predicted octanol–water partition coefficient (Wildman–Crippen LogP) is 4.66. The molecule has 0 spiro atoms. The smallest absolute Gasteiger partial charge is 0.399 e. The Balaban J connectivity index is 1.61. The first-order chi connectivity index (χ1) is 15.3. The fraction of sp³-hybridized carbons (Fsp3) is 0.409. The lowest BCUT2D eigenvalue weighted by Crippen LogP contribution is -2.53. The summed E-state index contributed by atoms with van der Waals surface area (Å²) in [7, 11) is 0. The van der Waals surface area contributed by atoms with Crippen molar-refractivity contribution in [2.75, 3.05) is 24.1 Å². The summed E-state index contributed by atoms with van der Waals surface area (Å²) in [5, 5.41) is 20.4. The number of nitrogens with one attached hydrogen (secondary N) is 2. The average molecular weight is 474 g/mol. The Bertz CT molecular complexity index is 952. The predicted molar refractivity (Wildman–Crippen MR) is 113 cm³/mol. The third kappa shape index (κ3) is 5.25. The molecule has 5 nitrogen and oxygen atoms in total.